The van der Waals surface area contributed by atoms with Gasteiger partial charge in [0.1, 0.15) is 17.0 Å². The van der Waals surface area contributed by atoms with Crippen molar-refractivity contribution in [2.24, 2.45) is 0 Å². The summed E-state index contributed by atoms with van der Waals surface area (Å²) in [7, 11) is 0. The number of piperidine rings is 1. The van der Waals surface area contributed by atoms with Crippen molar-refractivity contribution in [2.75, 3.05) is 18.0 Å². The number of rotatable bonds is 9. The van der Waals surface area contributed by atoms with Gasteiger partial charge in [0.15, 0.2) is 0 Å². The molecule has 0 spiro atoms. The fraction of sp³-hybridized carbons (Fsp3) is 0.519. The number of hydrogen-bond acceptors (Lipinski definition) is 5. The van der Waals surface area contributed by atoms with Gasteiger partial charge >= 0.3 is 0 Å². The van der Waals surface area contributed by atoms with Crippen LogP contribution in [0.25, 0.3) is 0 Å². The lowest BCUT2D eigenvalue weighted by Crippen LogP contribution is -2.40. The molecule has 188 valence electrons. The van der Waals surface area contributed by atoms with Crippen LogP contribution in [0.1, 0.15) is 77.2 Å². The molecule has 6 nitrogen and oxygen atoms in total. The standard InChI is InChI=1S/C27H35Cl2N5O/c1-5-14-27(4,20-10-8-7-9-11-20)25-31-32-26(34(25)19(3)6-2)33-15-12-22(13-16-33)35-24-23(29)17-21(28)18-30-24/h7-11,17-19,22H,5-6,12-16H2,1-4H3. The van der Waals surface area contributed by atoms with Gasteiger partial charge in [0.05, 0.1) is 10.4 Å². The molecule has 8 heteroatoms. The zero-order chi connectivity index (χ0) is 25.0. The van der Waals surface area contributed by atoms with E-state index in [9.17, 15) is 0 Å². The predicted molar refractivity (Wildman–Crippen MR) is 143 cm³/mol. The van der Waals surface area contributed by atoms with Gasteiger partial charge in [-0.15, -0.1) is 10.2 Å². The Bertz CT molecular complexity index is 1110. The zero-order valence-electron chi connectivity index (χ0n) is 21.0. The predicted octanol–water partition coefficient (Wildman–Crippen LogP) is 7.10. The number of halogens is 2. The first-order valence-corrected chi connectivity index (χ1v) is 13.4. The van der Waals surface area contributed by atoms with Crippen LogP contribution in [-0.2, 0) is 5.41 Å². The molecule has 0 saturated carbocycles. The van der Waals surface area contributed by atoms with Crippen LogP contribution in [0, 0.1) is 0 Å². The summed E-state index contributed by atoms with van der Waals surface area (Å²) < 4.78 is 8.48. The highest BCUT2D eigenvalue weighted by atomic mass is 35.5. The molecular weight excluding hydrogens is 481 g/mol. The topological polar surface area (TPSA) is 56.1 Å². The number of pyridine rings is 1. The zero-order valence-corrected chi connectivity index (χ0v) is 22.6. The van der Waals surface area contributed by atoms with Crippen molar-refractivity contribution in [1.29, 1.82) is 0 Å². The van der Waals surface area contributed by atoms with Crippen LogP contribution in [0.3, 0.4) is 0 Å². The summed E-state index contributed by atoms with van der Waals surface area (Å²) in [5.41, 5.74) is 1.08. The fourth-order valence-corrected chi connectivity index (χ4v) is 5.40. The van der Waals surface area contributed by atoms with Gasteiger partial charge in [-0.25, -0.2) is 4.98 Å². The average molecular weight is 517 g/mol. The third-order valence-electron chi connectivity index (χ3n) is 7.14. The SMILES string of the molecule is CCCC(C)(c1ccccc1)c1nnc(N2CCC(Oc3ncc(Cl)cc3Cl)CC2)n1C(C)CC. The molecule has 4 rings (SSSR count). The molecule has 2 atom stereocenters. The lowest BCUT2D eigenvalue weighted by Gasteiger charge is -2.35. The Morgan fingerprint density at radius 1 is 1.11 bits per heavy atom. The van der Waals surface area contributed by atoms with Crippen LogP contribution >= 0.6 is 23.2 Å². The van der Waals surface area contributed by atoms with E-state index >= 15 is 0 Å². The van der Waals surface area contributed by atoms with E-state index in [4.69, 9.17) is 38.1 Å². The van der Waals surface area contributed by atoms with Gasteiger partial charge in [0.25, 0.3) is 0 Å². The number of nitrogens with zero attached hydrogens (tertiary/aromatic N) is 5. The number of hydrogen-bond donors (Lipinski definition) is 0. The Morgan fingerprint density at radius 3 is 2.46 bits per heavy atom. The highest BCUT2D eigenvalue weighted by Crippen LogP contribution is 2.39. The van der Waals surface area contributed by atoms with Crippen molar-refractivity contribution in [1.82, 2.24) is 19.7 Å². The number of ether oxygens (including phenoxy) is 1. The number of anilines is 1. The molecule has 0 N–H and O–H groups in total. The normalized spacial score (nSPS) is 17.3. The number of benzene rings is 1. The van der Waals surface area contributed by atoms with Crippen LogP contribution < -0.4 is 9.64 Å². The molecule has 0 radical (unpaired) electrons. The lowest BCUT2D eigenvalue weighted by molar-refractivity contribution is 0.163. The lowest BCUT2D eigenvalue weighted by atomic mass is 9.77. The van der Waals surface area contributed by atoms with Gasteiger partial charge in [0, 0.05) is 38.2 Å². The third-order valence-corrected chi connectivity index (χ3v) is 7.62. The number of aromatic nitrogens is 4. The van der Waals surface area contributed by atoms with Crippen molar-refractivity contribution in [3.8, 4) is 5.88 Å². The Hall–Kier alpha value is -2.31. The molecule has 0 aliphatic carbocycles. The smallest absolute Gasteiger partial charge is 0.232 e. The first-order valence-electron chi connectivity index (χ1n) is 12.6. The van der Waals surface area contributed by atoms with Crippen LogP contribution in [-0.4, -0.2) is 38.9 Å². The van der Waals surface area contributed by atoms with Gasteiger partial charge in [-0.2, -0.15) is 0 Å². The maximum Gasteiger partial charge on any atom is 0.232 e. The monoisotopic (exact) mass is 515 g/mol. The minimum absolute atomic E-state index is 0.0477. The second-order valence-corrected chi connectivity index (χ2v) is 10.5. The Balaban J connectivity index is 1.58. The van der Waals surface area contributed by atoms with Crippen molar-refractivity contribution >= 4 is 29.2 Å². The van der Waals surface area contributed by atoms with E-state index in [1.165, 1.54) is 5.56 Å². The molecule has 35 heavy (non-hydrogen) atoms. The summed E-state index contributed by atoms with van der Waals surface area (Å²) in [6, 6.07) is 12.7. The molecule has 1 aliphatic rings. The van der Waals surface area contributed by atoms with Crippen LogP contribution in [0.5, 0.6) is 5.88 Å². The second-order valence-electron chi connectivity index (χ2n) is 9.64. The molecule has 3 heterocycles. The summed E-state index contributed by atoms with van der Waals surface area (Å²) in [6.07, 6.45) is 6.41. The summed E-state index contributed by atoms with van der Waals surface area (Å²) in [5.74, 6) is 2.44. The first kappa shape index (κ1) is 25.8. The van der Waals surface area contributed by atoms with Crippen LogP contribution in [0.15, 0.2) is 42.6 Å². The molecule has 0 amide bonds. The van der Waals surface area contributed by atoms with E-state index in [2.05, 4.69) is 72.5 Å². The van der Waals surface area contributed by atoms with E-state index < -0.39 is 0 Å². The van der Waals surface area contributed by atoms with E-state index in [1.54, 1.807) is 12.3 Å². The maximum absolute atomic E-state index is 6.26. The molecule has 0 bridgehead atoms. The molecule has 2 aromatic heterocycles. The summed E-state index contributed by atoms with van der Waals surface area (Å²) in [6.45, 7) is 10.7. The molecule has 2 unspecified atom stereocenters. The quantitative estimate of drug-likeness (QED) is 0.304. The Morgan fingerprint density at radius 2 is 1.83 bits per heavy atom. The maximum atomic E-state index is 6.26. The van der Waals surface area contributed by atoms with Gasteiger partial charge < -0.3 is 9.64 Å². The van der Waals surface area contributed by atoms with Gasteiger partial charge in [-0.3, -0.25) is 4.57 Å². The van der Waals surface area contributed by atoms with Crippen LogP contribution in [0.2, 0.25) is 10.0 Å². The van der Waals surface area contributed by atoms with Crippen molar-refractivity contribution in [3.63, 3.8) is 0 Å². The Kier molecular flexibility index (Phi) is 8.23. The highest BCUT2D eigenvalue weighted by molar-refractivity contribution is 6.35. The van der Waals surface area contributed by atoms with E-state index in [0.717, 1.165) is 57.0 Å². The molecule has 3 aromatic rings. The average Bonchev–Trinajstić information content (AvgIpc) is 3.32. The summed E-state index contributed by atoms with van der Waals surface area (Å²) in [5, 5.41) is 10.5. The minimum atomic E-state index is -0.205. The Labute approximate surface area is 218 Å². The van der Waals surface area contributed by atoms with E-state index in [-0.39, 0.29) is 11.5 Å². The van der Waals surface area contributed by atoms with Gasteiger partial charge in [-0.05, 0) is 38.3 Å². The third kappa shape index (κ3) is 5.44. The van der Waals surface area contributed by atoms with E-state index in [0.29, 0.717) is 22.0 Å². The van der Waals surface area contributed by atoms with E-state index in [1.807, 2.05) is 0 Å². The van der Waals surface area contributed by atoms with Crippen molar-refractivity contribution in [3.05, 3.63) is 64.0 Å². The van der Waals surface area contributed by atoms with Crippen molar-refractivity contribution in [2.45, 2.75) is 77.4 Å². The molecule has 1 aromatic carbocycles. The van der Waals surface area contributed by atoms with Crippen LogP contribution in [0.4, 0.5) is 5.95 Å². The summed E-state index contributed by atoms with van der Waals surface area (Å²) >= 11 is 12.2. The molecule has 1 aliphatic heterocycles. The highest BCUT2D eigenvalue weighted by Gasteiger charge is 2.37. The fourth-order valence-electron chi connectivity index (χ4n) is 4.97. The largest absolute Gasteiger partial charge is 0.473 e. The summed E-state index contributed by atoms with van der Waals surface area (Å²) in [4.78, 5) is 6.59. The second kappa shape index (κ2) is 11.2. The van der Waals surface area contributed by atoms with Gasteiger partial charge in [0.2, 0.25) is 11.8 Å². The van der Waals surface area contributed by atoms with Gasteiger partial charge in [-0.1, -0.05) is 73.8 Å². The molecule has 1 saturated heterocycles. The van der Waals surface area contributed by atoms with Crippen molar-refractivity contribution < 1.29 is 4.74 Å². The molecule has 1 fully saturated rings. The first-order chi connectivity index (χ1) is 16.9. The molecular formula is C27H35Cl2N5O. The minimum Gasteiger partial charge on any atom is -0.473 e.